The van der Waals surface area contributed by atoms with Crippen LogP contribution < -0.4 is 10.6 Å². The summed E-state index contributed by atoms with van der Waals surface area (Å²) in [5.74, 6) is 0.844. The minimum absolute atomic E-state index is 0.697. The lowest BCUT2D eigenvalue weighted by Gasteiger charge is -2.11. The van der Waals surface area contributed by atoms with Gasteiger partial charge in [-0.1, -0.05) is 24.3 Å². The van der Waals surface area contributed by atoms with E-state index in [0.717, 1.165) is 25.6 Å². The number of thiophene rings is 1. The van der Waals surface area contributed by atoms with E-state index in [9.17, 15) is 0 Å². The normalized spacial score (nSPS) is 11.5. The highest BCUT2D eigenvalue weighted by atomic mass is 32.1. The highest BCUT2D eigenvalue weighted by Crippen LogP contribution is 2.08. The Hall–Kier alpha value is -2.60. The monoisotopic (exact) mass is 353 g/mol. The van der Waals surface area contributed by atoms with Crippen LogP contribution in [0.25, 0.3) is 0 Å². The number of hydrogen-bond donors (Lipinski definition) is 2. The molecule has 0 radical (unpaired) electrons. The Labute approximate surface area is 152 Å². The molecule has 2 heterocycles. The predicted octanol–water partition coefficient (Wildman–Crippen LogP) is 3.25. The van der Waals surface area contributed by atoms with E-state index in [1.807, 2.05) is 12.5 Å². The zero-order valence-electron chi connectivity index (χ0n) is 14.4. The van der Waals surface area contributed by atoms with E-state index in [4.69, 9.17) is 0 Å². The number of benzene rings is 1. The molecule has 0 amide bonds. The van der Waals surface area contributed by atoms with Gasteiger partial charge in [0, 0.05) is 32.0 Å². The Kier molecular flexibility index (Phi) is 6.23. The van der Waals surface area contributed by atoms with E-state index >= 15 is 0 Å². The standard InChI is InChI=1S/C19H23N5S/c1-2-21-19(23-12-18-7-10-25-14-18)22-11-16-3-5-17(6-4-16)13-24-9-8-20-15-24/h3-10,14-15H,2,11-13H2,1H3,(H2,21,22,23). The Balaban J connectivity index is 1.54. The molecule has 25 heavy (non-hydrogen) atoms. The number of nitrogens with zero attached hydrogens (tertiary/aromatic N) is 3. The van der Waals surface area contributed by atoms with Crippen molar-refractivity contribution in [3.8, 4) is 0 Å². The molecule has 0 saturated heterocycles. The molecule has 0 aliphatic rings. The summed E-state index contributed by atoms with van der Waals surface area (Å²) >= 11 is 1.70. The average Bonchev–Trinajstić information content (AvgIpc) is 3.32. The van der Waals surface area contributed by atoms with Gasteiger partial charge in [0.15, 0.2) is 5.96 Å². The van der Waals surface area contributed by atoms with E-state index in [2.05, 4.69) is 73.2 Å². The maximum absolute atomic E-state index is 4.63. The Morgan fingerprint density at radius 3 is 2.64 bits per heavy atom. The van der Waals surface area contributed by atoms with E-state index in [1.165, 1.54) is 16.7 Å². The first kappa shape index (κ1) is 17.2. The first-order valence-electron chi connectivity index (χ1n) is 8.40. The van der Waals surface area contributed by atoms with Gasteiger partial charge < -0.3 is 15.2 Å². The molecular formula is C19H23N5S. The van der Waals surface area contributed by atoms with Gasteiger partial charge in [0.1, 0.15) is 0 Å². The third kappa shape index (κ3) is 5.46. The SMILES string of the molecule is CCNC(=NCc1ccsc1)NCc1ccc(Cn2ccnc2)cc1. The zero-order valence-corrected chi connectivity index (χ0v) is 15.2. The van der Waals surface area contributed by atoms with Crippen LogP contribution in [0.2, 0.25) is 0 Å². The van der Waals surface area contributed by atoms with E-state index in [1.54, 1.807) is 17.5 Å². The van der Waals surface area contributed by atoms with E-state index in [0.29, 0.717) is 6.54 Å². The van der Waals surface area contributed by atoms with Crippen molar-refractivity contribution in [1.29, 1.82) is 0 Å². The van der Waals surface area contributed by atoms with Gasteiger partial charge in [0.2, 0.25) is 0 Å². The molecule has 2 aromatic heterocycles. The van der Waals surface area contributed by atoms with Gasteiger partial charge in [-0.15, -0.1) is 0 Å². The summed E-state index contributed by atoms with van der Waals surface area (Å²) in [5, 5.41) is 10.9. The van der Waals surface area contributed by atoms with Crippen molar-refractivity contribution in [3.05, 3.63) is 76.5 Å². The van der Waals surface area contributed by atoms with Crippen LogP contribution >= 0.6 is 11.3 Å². The number of hydrogen-bond acceptors (Lipinski definition) is 3. The van der Waals surface area contributed by atoms with Gasteiger partial charge >= 0.3 is 0 Å². The Morgan fingerprint density at radius 2 is 1.96 bits per heavy atom. The highest BCUT2D eigenvalue weighted by molar-refractivity contribution is 7.07. The number of aromatic nitrogens is 2. The van der Waals surface area contributed by atoms with Crippen LogP contribution in [0.5, 0.6) is 0 Å². The second-order valence-electron chi connectivity index (χ2n) is 5.73. The highest BCUT2D eigenvalue weighted by Gasteiger charge is 2.00. The van der Waals surface area contributed by atoms with Crippen molar-refractivity contribution >= 4 is 17.3 Å². The Bertz CT molecular complexity index is 761. The first-order valence-corrected chi connectivity index (χ1v) is 9.34. The van der Waals surface area contributed by atoms with Crippen molar-refractivity contribution in [2.45, 2.75) is 26.6 Å². The van der Waals surface area contributed by atoms with Crippen LogP contribution in [-0.2, 0) is 19.6 Å². The lowest BCUT2D eigenvalue weighted by Crippen LogP contribution is -2.36. The molecule has 3 aromatic rings. The van der Waals surface area contributed by atoms with Gasteiger partial charge in [0.05, 0.1) is 12.9 Å². The predicted molar refractivity (Wildman–Crippen MR) is 104 cm³/mol. The van der Waals surface area contributed by atoms with E-state index < -0.39 is 0 Å². The molecule has 0 saturated carbocycles. The van der Waals surface area contributed by atoms with Crippen molar-refractivity contribution in [3.63, 3.8) is 0 Å². The van der Waals surface area contributed by atoms with Crippen LogP contribution in [0.1, 0.15) is 23.6 Å². The van der Waals surface area contributed by atoms with Crippen LogP contribution in [0.3, 0.4) is 0 Å². The van der Waals surface area contributed by atoms with Gasteiger partial charge in [0.25, 0.3) is 0 Å². The van der Waals surface area contributed by atoms with Gasteiger partial charge in [-0.05, 0) is 40.4 Å². The quantitative estimate of drug-likeness (QED) is 0.506. The lowest BCUT2D eigenvalue weighted by atomic mass is 10.1. The minimum Gasteiger partial charge on any atom is -0.357 e. The molecule has 0 atom stereocenters. The molecule has 0 aliphatic carbocycles. The summed E-state index contributed by atoms with van der Waals surface area (Å²) in [4.78, 5) is 8.70. The fraction of sp³-hybridized carbons (Fsp3) is 0.263. The molecule has 5 nitrogen and oxygen atoms in total. The summed E-state index contributed by atoms with van der Waals surface area (Å²) in [6, 6.07) is 10.7. The summed E-state index contributed by atoms with van der Waals surface area (Å²) in [6.07, 6.45) is 5.61. The second kappa shape index (κ2) is 9.03. The third-order valence-electron chi connectivity index (χ3n) is 3.75. The van der Waals surface area contributed by atoms with Crippen LogP contribution in [0.15, 0.2) is 64.8 Å². The molecular weight excluding hydrogens is 330 g/mol. The minimum atomic E-state index is 0.697. The first-order chi connectivity index (χ1) is 12.3. The number of guanidine groups is 1. The van der Waals surface area contributed by atoms with Crippen LogP contribution in [0.4, 0.5) is 0 Å². The third-order valence-corrected chi connectivity index (χ3v) is 4.48. The van der Waals surface area contributed by atoms with Crippen molar-refractivity contribution in [2.75, 3.05) is 6.54 Å². The molecule has 6 heteroatoms. The summed E-state index contributed by atoms with van der Waals surface area (Å²) in [6.45, 7) is 5.22. The maximum Gasteiger partial charge on any atom is 0.191 e. The van der Waals surface area contributed by atoms with Crippen molar-refractivity contribution < 1.29 is 0 Å². The number of nitrogens with one attached hydrogen (secondary N) is 2. The van der Waals surface area contributed by atoms with Crippen molar-refractivity contribution in [1.82, 2.24) is 20.2 Å². The molecule has 0 unspecified atom stereocenters. The fourth-order valence-electron chi connectivity index (χ4n) is 2.43. The fourth-order valence-corrected chi connectivity index (χ4v) is 3.09. The summed E-state index contributed by atoms with van der Waals surface area (Å²) in [5.41, 5.74) is 3.74. The molecule has 1 aromatic carbocycles. The van der Waals surface area contributed by atoms with Crippen LogP contribution in [-0.4, -0.2) is 22.1 Å². The molecule has 0 fully saturated rings. The topological polar surface area (TPSA) is 54.2 Å². The van der Waals surface area contributed by atoms with Crippen LogP contribution in [0, 0.1) is 0 Å². The average molecular weight is 353 g/mol. The zero-order chi connectivity index (χ0) is 17.3. The smallest absolute Gasteiger partial charge is 0.191 e. The molecule has 0 aliphatic heterocycles. The van der Waals surface area contributed by atoms with Gasteiger partial charge in [-0.25, -0.2) is 9.98 Å². The van der Waals surface area contributed by atoms with Gasteiger partial charge in [-0.3, -0.25) is 0 Å². The summed E-state index contributed by atoms with van der Waals surface area (Å²) < 4.78 is 2.06. The number of rotatable bonds is 7. The molecule has 3 rings (SSSR count). The maximum atomic E-state index is 4.63. The summed E-state index contributed by atoms with van der Waals surface area (Å²) in [7, 11) is 0. The van der Waals surface area contributed by atoms with Gasteiger partial charge in [-0.2, -0.15) is 11.3 Å². The number of imidazole rings is 1. The molecule has 130 valence electrons. The lowest BCUT2D eigenvalue weighted by molar-refractivity contribution is 0.793. The number of aliphatic imine (C=N–C) groups is 1. The largest absolute Gasteiger partial charge is 0.357 e. The molecule has 0 spiro atoms. The molecule has 0 bridgehead atoms. The Morgan fingerprint density at radius 1 is 1.12 bits per heavy atom. The van der Waals surface area contributed by atoms with Crippen molar-refractivity contribution in [2.24, 2.45) is 4.99 Å². The second-order valence-corrected chi connectivity index (χ2v) is 6.51. The molecule has 2 N–H and O–H groups in total. The van der Waals surface area contributed by atoms with E-state index in [-0.39, 0.29) is 0 Å².